The van der Waals surface area contributed by atoms with Gasteiger partial charge in [-0.25, -0.2) is 16.8 Å². The highest BCUT2D eigenvalue weighted by Gasteiger charge is 2.32. The van der Waals surface area contributed by atoms with E-state index in [2.05, 4.69) is 0 Å². The topological polar surface area (TPSA) is 74.8 Å². The van der Waals surface area contributed by atoms with Crippen molar-refractivity contribution in [3.8, 4) is 0 Å². The van der Waals surface area contributed by atoms with Crippen molar-refractivity contribution in [1.29, 1.82) is 0 Å². The fraction of sp³-hybridized carbons (Fsp3) is 0.647. The van der Waals surface area contributed by atoms with Crippen molar-refractivity contribution < 1.29 is 16.8 Å². The average molecular weight is 387 g/mol. The Labute approximate surface area is 150 Å². The molecular weight excluding hydrogens is 360 g/mol. The Hall–Kier alpha value is -0.960. The number of hydrogen-bond donors (Lipinski definition) is 0. The smallest absolute Gasteiger partial charge is 0.207 e. The van der Waals surface area contributed by atoms with Gasteiger partial charge in [-0.2, -0.15) is 8.61 Å². The highest BCUT2D eigenvalue weighted by atomic mass is 32.2. The van der Waals surface area contributed by atoms with E-state index in [4.69, 9.17) is 0 Å². The van der Waals surface area contributed by atoms with Gasteiger partial charge in [0.25, 0.3) is 0 Å². The van der Waals surface area contributed by atoms with Crippen LogP contribution in [0.2, 0.25) is 0 Å². The van der Waals surface area contributed by atoms with Crippen LogP contribution in [-0.4, -0.2) is 51.1 Å². The van der Waals surface area contributed by atoms with Crippen LogP contribution in [0.1, 0.15) is 45.4 Å². The van der Waals surface area contributed by atoms with Gasteiger partial charge in [0.05, 0.1) is 9.79 Å². The van der Waals surface area contributed by atoms with E-state index in [1.165, 1.54) is 32.9 Å². The third-order valence-corrected chi connectivity index (χ3v) is 9.07. The zero-order valence-electron chi connectivity index (χ0n) is 14.6. The lowest BCUT2D eigenvalue weighted by Gasteiger charge is -2.32. The Morgan fingerprint density at radius 2 is 1.28 bits per heavy atom. The molecule has 0 N–H and O–H groups in total. The fourth-order valence-electron chi connectivity index (χ4n) is 3.60. The molecule has 0 unspecified atom stereocenters. The molecule has 2 fully saturated rings. The van der Waals surface area contributed by atoms with E-state index in [-0.39, 0.29) is 15.8 Å². The number of hydrogen-bond acceptors (Lipinski definition) is 4. The van der Waals surface area contributed by atoms with E-state index < -0.39 is 20.0 Å². The van der Waals surface area contributed by atoms with Crippen LogP contribution < -0.4 is 0 Å². The van der Waals surface area contributed by atoms with Crippen molar-refractivity contribution in [2.75, 3.05) is 19.6 Å². The van der Waals surface area contributed by atoms with E-state index in [1.54, 1.807) is 0 Å². The predicted molar refractivity (Wildman–Crippen MR) is 96.3 cm³/mol. The van der Waals surface area contributed by atoms with E-state index >= 15 is 0 Å². The van der Waals surface area contributed by atoms with E-state index in [1.807, 2.05) is 6.92 Å². The van der Waals surface area contributed by atoms with Gasteiger partial charge in [0.15, 0.2) is 0 Å². The summed E-state index contributed by atoms with van der Waals surface area (Å²) in [6, 6.07) is 5.67. The molecule has 1 aromatic carbocycles. The molecule has 3 rings (SSSR count). The maximum absolute atomic E-state index is 12.8. The van der Waals surface area contributed by atoms with E-state index in [0.717, 1.165) is 38.5 Å². The molecule has 0 radical (unpaired) electrons. The minimum absolute atomic E-state index is 0.0180. The molecule has 1 aromatic rings. The SMILES string of the molecule is C[C@H]1CCCCN1S(=O)(=O)c1ccc(S(=O)(=O)N2CCCCC2)cc1. The molecule has 140 valence electrons. The Morgan fingerprint density at radius 1 is 0.760 bits per heavy atom. The van der Waals surface area contributed by atoms with Crippen molar-refractivity contribution in [2.45, 2.75) is 61.3 Å². The summed E-state index contributed by atoms with van der Waals surface area (Å²) in [5, 5.41) is 0. The Balaban J connectivity index is 1.84. The summed E-state index contributed by atoms with van der Waals surface area (Å²) in [5.74, 6) is 0. The van der Waals surface area contributed by atoms with Gasteiger partial charge in [0.2, 0.25) is 20.0 Å². The third-order valence-electron chi connectivity index (χ3n) is 5.13. The van der Waals surface area contributed by atoms with Gasteiger partial charge in [-0.05, 0) is 56.9 Å². The normalized spacial score (nSPS) is 24.3. The van der Waals surface area contributed by atoms with Crippen molar-refractivity contribution in [3.63, 3.8) is 0 Å². The van der Waals surface area contributed by atoms with E-state index in [9.17, 15) is 16.8 Å². The third kappa shape index (κ3) is 3.77. The van der Waals surface area contributed by atoms with Crippen molar-refractivity contribution in [1.82, 2.24) is 8.61 Å². The molecule has 2 heterocycles. The Morgan fingerprint density at radius 3 is 1.84 bits per heavy atom. The summed E-state index contributed by atoms with van der Waals surface area (Å²) in [6.45, 7) is 3.52. The van der Waals surface area contributed by atoms with Crippen LogP contribution in [0.15, 0.2) is 34.1 Å². The number of sulfonamides is 2. The first-order valence-electron chi connectivity index (χ1n) is 8.95. The highest BCUT2D eigenvalue weighted by Crippen LogP contribution is 2.27. The monoisotopic (exact) mass is 386 g/mol. The summed E-state index contributed by atoms with van der Waals surface area (Å²) < 4.78 is 54.0. The molecule has 0 aliphatic carbocycles. The van der Waals surface area contributed by atoms with Crippen molar-refractivity contribution in [3.05, 3.63) is 24.3 Å². The molecule has 2 aliphatic heterocycles. The van der Waals surface area contributed by atoms with Crippen LogP contribution in [0.3, 0.4) is 0 Å². The highest BCUT2D eigenvalue weighted by molar-refractivity contribution is 7.89. The second kappa shape index (κ2) is 7.34. The number of benzene rings is 1. The molecule has 25 heavy (non-hydrogen) atoms. The van der Waals surface area contributed by atoms with Gasteiger partial charge in [-0.15, -0.1) is 0 Å². The second-order valence-electron chi connectivity index (χ2n) is 6.90. The van der Waals surface area contributed by atoms with Crippen LogP contribution in [0.4, 0.5) is 0 Å². The van der Waals surface area contributed by atoms with E-state index in [0.29, 0.717) is 19.6 Å². The molecule has 2 saturated heterocycles. The van der Waals surface area contributed by atoms with Crippen LogP contribution in [0.25, 0.3) is 0 Å². The summed E-state index contributed by atoms with van der Waals surface area (Å²) in [5.41, 5.74) is 0. The summed E-state index contributed by atoms with van der Waals surface area (Å²) in [4.78, 5) is 0.332. The zero-order chi connectivity index (χ0) is 18.1. The minimum atomic E-state index is -3.57. The molecule has 2 aliphatic rings. The quantitative estimate of drug-likeness (QED) is 0.796. The zero-order valence-corrected chi connectivity index (χ0v) is 16.2. The first-order chi connectivity index (χ1) is 11.8. The second-order valence-corrected chi connectivity index (χ2v) is 10.7. The van der Waals surface area contributed by atoms with Crippen LogP contribution in [-0.2, 0) is 20.0 Å². The lowest BCUT2D eigenvalue weighted by atomic mass is 10.1. The summed E-state index contributed by atoms with van der Waals surface area (Å²) in [6.07, 6.45) is 5.57. The van der Waals surface area contributed by atoms with Crippen LogP contribution in [0.5, 0.6) is 0 Å². The molecule has 0 bridgehead atoms. The van der Waals surface area contributed by atoms with Crippen LogP contribution in [0, 0.1) is 0 Å². The number of nitrogens with zero attached hydrogens (tertiary/aromatic N) is 2. The van der Waals surface area contributed by atoms with Crippen molar-refractivity contribution >= 4 is 20.0 Å². The maximum atomic E-state index is 12.8. The number of piperidine rings is 2. The van der Waals surface area contributed by atoms with Gasteiger partial charge < -0.3 is 0 Å². The maximum Gasteiger partial charge on any atom is 0.243 e. The fourth-order valence-corrected chi connectivity index (χ4v) is 6.82. The largest absolute Gasteiger partial charge is 0.243 e. The Bertz CT molecular complexity index is 798. The van der Waals surface area contributed by atoms with Crippen LogP contribution >= 0.6 is 0 Å². The summed E-state index contributed by atoms with van der Waals surface area (Å²) >= 11 is 0. The molecular formula is C17H26N2O4S2. The standard InChI is InChI=1S/C17H26N2O4S2/c1-15-7-3-6-14-19(15)25(22,23)17-10-8-16(9-11-17)24(20,21)18-12-4-2-5-13-18/h8-11,15H,2-7,12-14H2,1H3/t15-/m0/s1. The minimum Gasteiger partial charge on any atom is -0.207 e. The van der Waals surface area contributed by atoms with Gasteiger partial charge in [0, 0.05) is 25.7 Å². The van der Waals surface area contributed by atoms with Gasteiger partial charge in [-0.3, -0.25) is 0 Å². The summed E-state index contributed by atoms with van der Waals surface area (Å²) in [7, 11) is -7.11. The van der Waals surface area contributed by atoms with Crippen molar-refractivity contribution in [2.24, 2.45) is 0 Å². The molecule has 1 atom stereocenters. The van der Waals surface area contributed by atoms with Gasteiger partial charge in [0.1, 0.15) is 0 Å². The predicted octanol–water partition coefficient (Wildman–Crippen LogP) is 2.42. The molecule has 0 saturated carbocycles. The Kier molecular flexibility index (Phi) is 5.53. The average Bonchev–Trinajstić information content (AvgIpc) is 2.63. The lowest BCUT2D eigenvalue weighted by Crippen LogP contribution is -2.41. The molecule has 0 aromatic heterocycles. The first kappa shape index (κ1) is 18.8. The van der Waals surface area contributed by atoms with Gasteiger partial charge >= 0.3 is 0 Å². The molecule has 0 spiro atoms. The molecule has 6 nitrogen and oxygen atoms in total. The molecule has 8 heteroatoms. The lowest BCUT2D eigenvalue weighted by molar-refractivity contribution is 0.268. The molecule has 0 amide bonds. The number of rotatable bonds is 4. The first-order valence-corrected chi connectivity index (χ1v) is 11.8. The van der Waals surface area contributed by atoms with Gasteiger partial charge in [-0.1, -0.05) is 12.8 Å².